The fourth-order valence-corrected chi connectivity index (χ4v) is 4.46. The minimum Gasteiger partial charge on any atom is -0.550 e. The second kappa shape index (κ2) is 6.45. The van der Waals surface area contributed by atoms with E-state index in [-0.39, 0.29) is 18.4 Å². The zero-order valence-corrected chi connectivity index (χ0v) is 15.1. The van der Waals surface area contributed by atoms with Crippen LogP contribution in [0.3, 0.4) is 0 Å². The van der Waals surface area contributed by atoms with Gasteiger partial charge in [0.1, 0.15) is 16.9 Å². The Labute approximate surface area is 152 Å². The first-order valence-corrected chi connectivity index (χ1v) is 9.45. The average molecular weight is 355 g/mol. The van der Waals surface area contributed by atoms with E-state index < -0.39 is 11.6 Å². The van der Waals surface area contributed by atoms with Crippen LogP contribution >= 0.6 is 0 Å². The minimum absolute atomic E-state index is 0.0529. The zero-order valence-electron chi connectivity index (χ0n) is 15.1. The molecule has 1 aromatic carbocycles. The molecule has 5 nitrogen and oxygen atoms in total. The van der Waals surface area contributed by atoms with Crippen LogP contribution in [0.25, 0.3) is 11.0 Å². The highest BCUT2D eigenvalue weighted by Crippen LogP contribution is 2.43. The van der Waals surface area contributed by atoms with Gasteiger partial charge in [0, 0.05) is 23.0 Å². The van der Waals surface area contributed by atoms with Crippen LogP contribution < -0.4 is 15.5 Å². The van der Waals surface area contributed by atoms with E-state index in [0.29, 0.717) is 11.1 Å². The molecule has 0 unspecified atom stereocenters. The van der Waals surface area contributed by atoms with Crippen LogP contribution in [0.4, 0.5) is 0 Å². The van der Waals surface area contributed by atoms with E-state index in [0.717, 1.165) is 47.9 Å². The molecule has 1 aromatic heterocycles. The van der Waals surface area contributed by atoms with Crippen molar-refractivity contribution in [3.8, 4) is 5.75 Å². The Morgan fingerprint density at radius 2 is 1.96 bits per heavy atom. The van der Waals surface area contributed by atoms with Crippen molar-refractivity contribution in [1.29, 1.82) is 0 Å². The fraction of sp³-hybridized carbons (Fsp3) is 0.524. The quantitative estimate of drug-likeness (QED) is 0.791. The Kier molecular flexibility index (Phi) is 4.25. The molecule has 26 heavy (non-hydrogen) atoms. The molecule has 1 aliphatic carbocycles. The van der Waals surface area contributed by atoms with Gasteiger partial charge in [0.05, 0.1) is 0 Å². The first-order chi connectivity index (χ1) is 12.5. The van der Waals surface area contributed by atoms with Crippen molar-refractivity contribution in [2.24, 2.45) is 0 Å². The third kappa shape index (κ3) is 3.00. The van der Waals surface area contributed by atoms with Gasteiger partial charge in [-0.1, -0.05) is 6.42 Å². The summed E-state index contributed by atoms with van der Waals surface area (Å²) in [4.78, 5) is 23.0. The molecule has 0 N–H and O–H groups in total. The number of fused-ring (bicyclic) bond motifs is 2. The maximum Gasteiger partial charge on any atom is 0.339 e. The molecular formula is C21H23O5-. The molecule has 2 heterocycles. The maximum absolute atomic E-state index is 12.3. The molecule has 4 rings (SSSR count). The maximum atomic E-state index is 12.3. The average Bonchev–Trinajstić information content (AvgIpc) is 2.61. The normalized spacial score (nSPS) is 18.5. The number of ether oxygens (including phenoxy) is 1. The summed E-state index contributed by atoms with van der Waals surface area (Å²) in [5.41, 5.74) is 2.33. The molecule has 1 saturated carbocycles. The van der Waals surface area contributed by atoms with Crippen molar-refractivity contribution in [2.45, 2.75) is 70.3 Å². The lowest BCUT2D eigenvalue weighted by Gasteiger charge is -2.41. The monoisotopic (exact) mass is 355 g/mol. The van der Waals surface area contributed by atoms with Crippen LogP contribution in [0.1, 0.15) is 61.6 Å². The number of rotatable bonds is 3. The van der Waals surface area contributed by atoms with Crippen molar-refractivity contribution in [3.05, 3.63) is 39.2 Å². The fourth-order valence-electron chi connectivity index (χ4n) is 4.46. The molecule has 2 aliphatic rings. The standard InChI is InChI=1S/C21H24O5/c1-13-15(5-6-19(22)23)20(24)25-18-12-17-14(11-16(13)18)7-10-21(26-17)8-3-2-4-9-21/h11-12H,2-10H2,1H3,(H,22,23)/p-1. The Morgan fingerprint density at radius 3 is 2.69 bits per heavy atom. The molecule has 0 saturated heterocycles. The highest BCUT2D eigenvalue weighted by Gasteiger charge is 2.37. The van der Waals surface area contributed by atoms with Crippen molar-refractivity contribution >= 4 is 16.9 Å². The first kappa shape index (κ1) is 17.1. The summed E-state index contributed by atoms with van der Waals surface area (Å²) in [6, 6.07) is 3.89. The number of carboxylic acids is 1. The van der Waals surface area contributed by atoms with E-state index in [1.807, 2.05) is 19.1 Å². The molecule has 2 aromatic rings. The Morgan fingerprint density at radius 1 is 1.19 bits per heavy atom. The summed E-state index contributed by atoms with van der Waals surface area (Å²) in [7, 11) is 0. The number of hydrogen-bond donors (Lipinski definition) is 0. The van der Waals surface area contributed by atoms with Crippen LogP contribution in [0.15, 0.2) is 21.3 Å². The molecule has 5 heteroatoms. The lowest BCUT2D eigenvalue weighted by molar-refractivity contribution is -0.305. The van der Waals surface area contributed by atoms with E-state index in [4.69, 9.17) is 9.15 Å². The van der Waals surface area contributed by atoms with E-state index in [9.17, 15) is 14.7 Å². The molecule has 1 spiro atoms. The predicted molar refractivity (Wildman–Crippen MR) is 95.3 cm³/mol. The van der Waals surface area contributed by atoms with E-state index in [1.165, 1.54) is 19.3 Å². The summed E-state index contributed by atoms with van der Waals surface area (Å²) in [6.07, 6.45) is 7.80. The lowest BCUT2D eigenvalue weighted by atomic mass is 9.79. The lowest BCUT2D eigenvalue weighted by Crippen LogP contribution is -2.41. The van der Waals surface area contributed by atoms with Gasteiger partial charge in [-0.25, -0.2) is 4.79 Å². The molecule has 1 aliphatic heterocycles. The number of hydrogen-bond acceptors (Lipinski definition) is 5. The van der Waals surface area contributed by atoms with Gasteiger partial charge in [-0.05, 0) is 75.5 Å². The SMILES string of the molecule is Cc1c(CCC(=O)[O-])c(=O)oc2cc3c(cc12)CCC1(CCCCC1)O3. The van der Waals surface area contributed by atoms with E-state index in [2.05, 4.69) is 0 Å². The first-order valence-electron chi connectivity index (χ1n) is 9.45. The van der Waals surface area contributed by atoms with Crippen molar-refractivity contribution in [1.82, 2.24) is 0 Å². The van der Waals surface area contributed by atoms with Crippen LogP contribution in [0.2, 0.25) is 0 Å². The Hall–Kier alpha value is -2.30. The Balaban J connectivity index is 1.74. The highest BCUT2D eigenvalue weighted by atomic mass is 16.5. The van der Waals surface area contributed by atoms with E-state index >= 15 is 0 Å². The molecule has 0 bridgehead atoms. The van der Waals surface area contributed by atoms with Gasteiger partial charge in [-0.15, -0.1) is 0 Å². The van der Waals surface area contributed by atoms with Crippen molar-refractivity contribution in [3.63, 3.8) is 0 Å². The van der Waals surface area contributed by atoms with Gasteiger partial charge >= 0.3 is 5.63 Å². The number of carbonyl (C=O) groups excluding carboxylic acids is 1. The second-order valence-electron chi connectivity index (χ2n) is 7.67. The summed E-state index contributed by atoms with van der Waals surface area (Å²) < 4.78 is 11.9. The molecule has 138 valence electrons. The summed E-state index contributed by atoms with van der Waals surface area (Å²) in [6.45, 7) is 1.85. The van der Waals surface area contributed by atoms with Gasteiger partial charge in [0.2, 0.25) is 0 Å². The van der Waals surface area contributed by atoms with Crippen LogP contribution in [0, 0.1) is 6.92 Å². The number of aliphatic carboxylic acids is 1. The number of carbonyl (C=O) groups is 1. The Bertz CT molecular complexity index is 918. The number of aryl methyl sites for hydroxylation is 2. The molecular weight excluding hydrogens is 332 g/mol. The molecule has 0 atom stereocenters. The van der Waals surface area contributed by atoms with Crippen LogP contribution in [-0.4, -0.2) is 11.6 Å². The molecule has 1 fully saturated rings. The van der Waals surface area contributed by atoms with Gasteiger partial charge in [-0.2, -0.15) is 0 Å². The van der Waals surface area contributed by atoms with Crippen molar-refractivity contribution < 1.29 is 19.1 Å². The topological polar surface area (TPSA) is 79.6 Å². The summed E-state index contributed by atoms with van der Waals surface area (Å²) in [5.74, 6) is -0.337. The zero-order chi connectivity index (χ0) is 18.3. The largest absolute Gasteiger partial charge is 0.550 e. The summed E-state index contributed by atoms with van der Waals surface area (Å²) in [5, 5.41) is 11.6. The van der Waals surface area contributed by atoms with Gasteiger partial charge in [-0.3, -0.25) is 0 Å². The second-order valence-corrected chi connectivity index (χ2v) is 7.67. The number of benzene rings is 1. The number of carboxylic acid groups (broad SMARTS) is 1. The van der Waals surface area contributed by atoms with Crippen LogP contribution in [0.5, 0.6) is 5.75 Å². The molecule has 0 amide bonds. The third-order valence-electron chi connectivity index (χ3n) is 5.99. The highest BCUT2D eigenvalue weighted by molar-refractivity contribution is 5.84. The predicted octanol–water partition coefficient (Wildman–Crippen LogP) is 2.81. The van der Waals surface area contributed by atoms with E-state index in [1.54, 1.807) is 0 Å². The van der Waals surface area contributed by atoms with Gasteiger partial charge in [0.25, 0.3) is 0 Å². The summed E-state index contributed by atoms with van der Waals surface area (Å²) >= 11 is 0. The molecule has 0 radical (unpaired) electrons. The van der Waals surface area contributed by atoms with Crippen LogP contribution in [-0.2, 0) is 17.6 Å². The van der Waals surface area contributed by atoms with Crippen molar-refractivity contribution in [2.75, 3.05) is 0 Å². The van der Waals surface area contributed by atoms with Gasteiger partial charge < -0.3 is 19.1 Å². The smallest absolute Gasteiger partial charge is 0.339 e. The minimum atomic E-state index is -1.17. The van der Waals surface area contributed by atoms with Gasteiger partial charge in [0.15, 0.2) is 0 Å². The third-order valence-corrected chi connectivity index (χ3v) is 5.99.